The molecule has 0 unspecified atom stereocenters. The maximum absolute atomic E-state index is 5.28. The molecule has 64 valence electrons. The van der Waals surface area contributed by atoms with Crippen molar-refractivity contribution in [3.63, 3.8) is 0 Å². The van der Waals surface area contributed by atoms with E-state index in [-0.39, 0.29) is 0 Å². The summed E-state index contributed by atoms with van der Waals surface area (Å²) in [6.45, 7) is 1.73. The number of para-hydroxylation sites is 1. The van der Waals surface area contributed by atoms with Crippen molar-refractivity contribution in [1.82, 2.24) is 0 Å². The van der Waals surface area contributed by atoms with Crippen LogP contribution in [0.1, 0.15) is 6.92 Å². The normalized spacial score (nSPS) is 11.0. The molecule has 0 spiro atoms. The quantitative estimate of drug-likeness (QED) is 0.381. The third-order valence-corrected chi connectivity index (χ3v) is 1.23. The lowest BCUT2D eigenvalue weighted by Crippen LogP contribution is -2.02. The minimum absolute atomic E-state index is 0.490. The summed E-state index contributed by atoms with van der Waals surface area (Å²) in [6, 6.07) is 9.43. The summed E-state index contributed by atoms with van der Waals surface area (Å²) in [5.74, 6) is 1.25. The topological polar surface area (TPSA) is 30.8 Å². The second kappa shape index (κ2) is 4.38. The molecule has 0 fully saturated rings. The van der Waals surface area contributed by atoms with Gasteiger partial charge in [-0.25, -0.2) is 0 Å². The van der Waals surface area contributed by atoms with Gasteiger partial charge < -0.3 is 9.57 Å². The molecule has 0 aliphatic rings. The predicted molar refractivity (Wildman–Crippen MR) is 47.2 cm³/mol. The first-order valence-corrected chi connectivity index (χ1v) is 3.63. The molecule has 0 amide bonds. The molecule has 0 atom stereocenters. The van der Waals surface area contributed by atoms with E-state index in [2.05, 4.69) is 9.99 Å². The molecule has 3 heteroatoms. The van der Waals surface area contributed by atoms with E-state index in [0.717, 1.165) is 5.75 Å². The zero-order valence-corrected chi connectivity index (χ0v) is 7.15. The number of ether oxygens (including phenoxy) is 1. The molecule has 3 nitrogen and oxygen atoms in total. The molecule has 1 rings (SSSR count). The van der Waals surface area contributed by atoms with Crippen molar-refractivity contribution in [3.8, 4) is 5.75 Å². The van der Waals surface area contributed by atoms with Crippen LogP contribution in [0.2, 0.25) is 0 Å². The lowest BCUT2D eigenvalue weighted by molar-refractivity contribution is 0.205. The van der Waals surface area contributed by atoms with Crippen LogP contribution in [0.4, 0.5) is 0 Å². The Morgan fingerprint density at radius 3 is 2.50 bits per heavy atom. The summed E-state index contributed by atoms with van der Waals surface area (Å²) in [5, 5.41) is 3.61. The highest BCUT2D eigenvalue weighted by Crippen LogP contribution is 2.08. The maximum Gasteiger partial charge on any atom is 0.228 e. The van der Waals surface area contributed by atoms with Gasteiger partial charge in [-0.1, -0.05) is 23.4 Å². The molecular weight excluding hydrogens is 154 g/mol. The zero-order chi connectivity index (χ0) is 8.81. The molecule has 1 aromatic carbocycles. The summed E-state index contributed by atoms with van der Waals surface area (Å²) < 4.78 is 5.28. The fraction of sp³-hybridized carbons (Fsp3) is 0.222. The van der Waals surface area contributed by atoms with Crippen LogP contribution in [0.3, 0.4) is 0 Å². The van der Waals surface area contributed by atoms with Crippen molar-refractivity contribution >= 4 is 5.90 Å². The first-order chi connectivity index (χ1) is 5.83. The van der Waals surface area contributed by atoms with Crippen LogP contribution in [-0.2, 0) is 4.84 Å². The molecule has 0 heterocycles. The standard InChI is InChI=1S/C9H11NO2/c1-8(10-11-2)12-9-6-4-3-5-7-9/h3-7H,1-2H3/b10-8-. The fourth-order valence-electron chi connectivity index (χ4n) is 0.806. The minimum atomic E-state index is 0.490. The number of oxime groups is 1. The Kier molecular flexibility index (Phi) is 3.14. The van der Waals surface area contributed by atoms with E-state index in [4.69, 9.17) is 4.74 Å². The van der Waals surface area contributed by atoms with Crippen LogP contribution in [-0.4, -0.2) is 13.0 Å². The highest BCUT2D eigenvalue weighted by molar-refractivity contribution is 5.75. The molecule has 12 heavy (non-hydrogen) atoms. The summed E-state index contributed by atoms with van der Waals surface area (Å²) in [4.78, 5) is 4.54. The van der Waals surface area contributed by atoms with Gasteiger partial charge in [0.2, 0.25) is 5.90 Å². The summed E-state index contributed by atoms with van der Waals surface area (Å²) in [7, 11) is 1.48. The highest BCUT2D eigenvalue weighted by Gasteiger charge is 1.93. The van der Waals surface area contributed by atoms with Crippen LogP contribution >= 0.6 is 0 Å². The van der Waals surface area contributed by atoms with Gasteiger partial charge in [-0.05, 0) is 12.1 Å². The Balaban J connectivity index is 2.58. The van der Waals surface area contributed by atoms with Gasteiger partial charge >= 0.3 is 0 Å². The van der Waals surface area contributed by atoms with Gasteiger partial charge in [-0.15, -0.1) is 0 Å². The van der Waals surface area contributed by atoms with Crippen molar-refractivity contribution in [3.05, 3.63) is 30.3 Å². The number of nitrogens with zero attached hydrogens (tertiary/aromatic N) is 1. The Bertz CT molecular complexity index is 256. The molecule has 0 aliphatic carbocycles. The van der Waals surface area contributed by atoms with E-state index >= 15 is 0 Å². The average molecular weight is 165 g/mol. The summed E-state index contributed by atoms with van der Waals surface area (Å²) in [6.07, 6.45) is 0. The summed E-state index contributed by atoms with van der Waals surface area (Å²) >= 11 is 0. The van der Waals surface area contributed by atoms with Crippen LogP contribution in [0, 0.1) is 0 Å². The maximum atomic E-state index is 5.28. The number of benzene rings is 1. The lowest BCUT2D eigenvalue weighted by atomic mass is 10.3. The predicted octanol–water partition coefficient (Wildman–Crippen LogP) is 2.05. The van der Waals surface area contributed by atoms with Crippen molar-refractivity contribution in [2.24, 2.45) is 5.16 Å². The van der Waals surface area contributed by atoms with Gasteiger partial charge in [-0.2, -0.15) is 0 Å². The Morgan fingerprint density at radius 2 is 1.92 bits per heavy atom. The van der Waals surface area contributed by atoms with E-state index in [1.165, 1.54) is 7.11 Å². The van der Waals surface area contributed by atoms with Gasteiger partial charge in [0, 0.05) is 6.92 Å². The van der Waals surface area contributed by atoms with Gasteiger partial charge in [-0.3, -0.25) is 0 Å². The molecule has 0 N–H and O–H groups in total. The monoisotopic (exact) mass is 165 g/mol. The van der Waals surface area contributed by atoms with Crippen molar-refractivity contribution in [2.75, 3.05) is 7.11 Å². The molecule has 0 radical (unpaired) electrons. The number of hydrogen-bond donors (Lipinski definition) is 0. The molecular formula is C9H11NO2. The Hall–Kier alpha value is -1.51. The number of rotatable bonds is 2. The molecule has 0 saturated carbocycles. The molecule has 0 aliphatic heterocycles. The van der Waals surface area contributed by atoms with Crippen LogP contribution in [0.25, 0.3) is 0 Å². The van der Waals surface area contributed by atoms with E-state index in [9.17, 15) is 0 Å². The number of hydrogen-bond acceptors (Lipinski definition) is 3. The smallest absolute Gasteiger partial charge is 0.228 e. The Labute approximate surface area is 71.6 Å². The van der Waals surface area contributed by atoms with Gasteiger partial charge in [0.1, 0.15) is 12.9 Å². The van der Waals surface area contributed by atoms with E-state index in [0.29, 0.717) is 5.90 Å². The summed E-state index contributed by atoms with van der Waals surface area (Å²) in [5.41, 5.74) is 0. The molecule has 1 aromatic rings. The molecule has 0 bridgehead atoms. The van der Waals surface area contributed by atoms with E-state index < -0.39 is 0 Å². The van der Waals surface area contributed by atoms with E-state index in [1.807, 2.05) is 30.3 Å². The van der Waals surface area contributed by atoms with Crippen LogP contribution < -0.4 is 4.74 Å². The lowest BCUT2D eigenvalue weighted by Gasteiger charge is -2.02. The molecule has 0 saturated heterocycles. The first-order valence-electron chi connectivity index (χ1n) is 3.63. The van der Waals surface area contributed by atoms with E-state index in [1.54, 1.807) is 6.92 Å². The Morgan fingerprint density at radius 1 is 1.25 bits per heavy atom. The highest BCUT2D eigenvalue weighted by atomic mass is 16.6. The van der Waals surface area contributed by atoms with Crippen molar-refractivity contribution in [2.45, 2.75) is 6.92 Å². The third-order valence-electron chi connectivity index (χ3n) is 1.23. The van der Waals surface area contributed by atoms with Crippen LogP contribution in [0.5, 0.6) is 5.75 Å². The third kappa shape index (κ3) is 2.62. The van der Waals surface area contributed by atoms with Crippen molar-refractivity contribution < 1.29 is 9.57 Å². The second-order valence-electron chi connectivity index (χ2n) is 2.21. The van der Waals surface area contributed by atoms with Crippen molar-refractivity contribution in [1.29, 1.82) is 0 Å². The SMILES string of the molecule is CO/N=C(/C)Oc1ccccc1. The average Bonchev–Trinajstić information content (AvgIpc) is 2.06. The zero-order valence-electron chi connectivity index (χ0n) is 7.15. The largest absolute Gasteiger partial charge is 0.440 e. The first kappa shape index (κ1) is 8.59. The molecule has 0 aromatic heterocycles. The van der Waals surface area contributed by atoms with Gasteiger partial charge in [0.05, 0.1) is 0 Å². The second-order valence-corrected chi connectivity index (χ2v) is 2.21. The van der Waals surface area contributed by atoms with Gasteiger partial charge in [0.15, 0.2) is 0 Å². The fourth-order valence-corrected chi connectivity index (χ4v) is 0.806. The van der Waals surface area contributed by atoms with Crippen LogP contribution in [0.15, 0.2) is 35.5 Å². The minimum Gasteiger partial charge on any atom is -0.440 e. The van der Waals surface area contributed by atoms with Gasteiger partial charge in [0.25, 0.3) is 0 Å².